The zero-order valence-corrected chi connectivity index (χ0v) is 13.1. The molecule has 0 aliphatic rings. The number of carboxylic acid groups (broad SMARTS) is 1. The van der Waals surface area contributed by atoms with E-state index in [0.29, 0.717) is 10.7 Å². The van der Waals surface area contributed by atoms with Crippen LogP contribution in [0.4, 0.5) is 17.2 Å². The number of hydrogen-bond acceptors (Lipinski definition) is 5. The van der Waals surface area contributed by atoms with Crippen molar-refractivity contribution < 1.29 is 14.8 Å². The molecule has 0 bridgehead atoms. The average molecular weight is 420 g/mol. The molecule has 2 aromatic rings. The number of anilines is 2. The number of hydrogen-bond donors (Lipinski definition) is 2. The van der Waals surface area contributed by atoms with E-state index in [0.717, 1.165) is 15.7 Å². The number of benzene rings is 1. The highest BCUT2D eigenvalue weighted by Crippen LogP contribution is 2.29. The zero-order chi connectivity index (χ0) is 15.6. The Bertz CT molecular complexity index is 738. The summed E-state index contributed by atoms with van der Waals surface area (Å²) in [5.74, 6) is -1.40. The quantitative estimate of drug-likeness (QED) is 0.445. The van der Waals surface area contributed by atoms with Gasteiger partial charge in [0.25, 0.3) is 0 Å². The average Bonchev–Trinajstić information content (AvgIpc) is 2.41. The van der Waals surface area contributed by atoms with Crippen molar-refractivity contribution in [2.75, 3.05) is 5.32 Å². The van der Waals surface area contributed by atoms with E-state index in [4.69, 9.17) is 16.7 Å². The minimum atomic E-state index is -1.27. The molecule has 108 valence electrons. The predicted molar refractivity (Wildman–Crippen MR) is 85.3 cm³/mol. The van der Waals surface area contributed by atoms with E-state index in [1.54, 1.807) is 18.2 Å². The highest BCUT2D eigenvalue weighted by molar-refractivity contribution is 14.1. The topological polar surface area (TPSA) is 105 Å². The lowest BCUT2D eigenvalue weighted by molar-refractivity contribution is -0.384. The van der Waals surface area contributed by atoms with Crippen molar-refractivity contribution in [3.8, 4) is 0 Å². The third-order valence-corrected chi connectivity index (χ3v) is 3.60. The monoisotopic (exact) mass is 419 g/mol. The van der Waals surface area contributed by atoms with Crippen molar-refractivity contribution in [1.29, 1.82) is 0 Å². The molecule has 2 N–H and O–H groups in total. The Labute approximate surface area is 137 Å². The fraction of sp³-hybridized carbons (Fsp3) is 0. The molecule has 0 amide bonds. The maximum atomic E-state index is 11.0. The number of carbonyl (C=O) groups is 1. The zero-order valence-electron chi connectivity index (χ0n) is 10.2. The van der Waals surface area contributed by atoms with Gasteiger partial charge < -0.3 is 10.4 Å². The van der Waals surface area contributed by atoms with Gasteiger partial charge in [-0.3, -0.25) is 10.1 Å². The van der Waals surface area contributed by atoms with Crippen LogP contribution in [0.15, 0.2) is 30.3 Å². The van der Waals surface area contributed by atoms with Crippen molar-refractivity contribution in [1.82, 2.24) is 4.98 Å². The SMILES string of the molecule is O=C(O)c1ccc([N+](=O)[O-])c(Nc2ccc(Cl)cc2I)n1. The molecule has 0 aliphatic carbocycles. The van der Waals surface area contributed by atoms with Crippen LogP contribution in [-0.2, 0) is 0 Å². The Morgan fingerprint density at radius 3 is 2.67 bits per heavy atom. The van der Waals surface area contributed by atoms with E-state index in [-0.39, 0.29) is 17.2 Å². The number of nitrogens with zero attached hydrogens (tertiary/aromatic N) is 2. The van der Waals surface area contributed by atoms with Gasteiger partial charge in [0, 0.05) is 14.7 Å². The van der Waals surface area contributed by atoms with Gasteiger partial charge in [-0.05, 0) is 46.9 Å². The van der Waals surface area contributed by atoms with Crippen LogP contribution in [0, 0.1) is 13.7 Å². The van der Waals surface area contributed by atoms with Crippen LogP contribution < -0.4 is 5.32 Å². The third kappa shape index (κ3) is 3.58. The summed E-state index contributed by atoms with van der Waals surface area (Å²) < 4.78 is 0.719. The molecule has 0 spiro atoms. The highest BCUT2D eigenvalue weighted by atomic mass is 127. The molecule has 1 heterocycles. The van der Waals surface area contributed by atoms with Crippen LogP contribution in [0.3, 0.4) is 0 Å². The first-order valence-electron chi connectivity index (χ1n) is 5.49. The Hall–Kier alpha value is -1.94. The summed E-state index contributed by atoms with van der Waals surface area (Å²) >= 11 is 7.84. The fourth-order valence-corrected chi connectivity index (χ4v) is 2.53. The molecule has 0 fully saturated rings. The van der Waals surface area contributed by atoms with E-state index >= 15 is 0 Å². The first-order valence-corrected chi connectivity index (χ1v) is 6.95. The largest absolute Gasteiger partial charge is 0.477 e. The molecule has 0 atom stereocenters. The maximum Gasteiger partial charge on any atom is 0.354 e. The standard InChI is InChI=1S/C12H7ClIN3O4/c13-6-1-2-8(7(14)5-6)15-11-10(17(20)21)4-3-9(16-11)12(18)19/h1-5H,(H,15,16)(H,18,19). The summed E-state index contributed by atoms with van der Waals surface area (Å²) in [4.78, 5) is 25.0. The van der Waals surface area contributed by atoms with E-state index in [9.17, 15) is 14.9 Å². The molecule has 1 aromatic heterocycles. The van der Waals surface area contributed by atoms with Crippen molar-refractivity contribution in [2.45, 2.75) is 0 Å². The number of halogens is 2. The summed E-state index contributed by atoms with van der Waals surface area (Å²) in [7, 11) is 0. The second kappa shape index (κ2) is 6.22. The number of aromatic nitrogens is 1. The van der Waals surface area contributed by atoms with Crippen molar-refractivity contribution in [2.24, 2.45) is 0 Å². The summed E-state index contributed by atoms with van der Waals surface area (Å²) in [6.45, 7) is 0. The molecule has 21 heavy (non-hydrogen) atoms. The second-order valence-electron chi connectivity index (χ2n) is 3.88. The molecule has 7 nitrogen and oxygen atoms in total. The molecule has 0 saturated heterocycles. The Morgan fingerprint density at radius 2 is 2.10 bits per heavy atom. The van der Waals surface area contributed by atoms with Crippen LogP contribution in [0.5, 0.6) is 0 Å². The smallest absolute Gasteiger partial charge is 0.354 e. The van der Waals surface area contributed by atoms with Gasteiger partial charge in [0.15, 0.2) is 5.69 Å². The normalized spacial score (nSPS) is 10.2. The number of nitrogens with one attached hydrogen (secondary N) is 1. The number of rotatable bonds is 4. The first-order chi connectivity index (χ1) is 9.88. The van der Waals surface area contributed by atoms with E-state index in [2.05, 4.69) is 10.3 Å². The summed E-state index contributed by atoms with van der Waals surface area (Å²) in [5, 5.41) is 23.2. The van der Waals surface area contributed by atoms with Gasteiger partial charge in [-0.25, -0.2) is 9.78 Å². The van der Waals surface area contributed by atoms with Crippen molar-refractivity contribution >= 4 is 57.4 Å². The van der Waals surface area contributed by atoms with Crippen LogP contribution >= 0.6 is 34.2 Å². The lowest BCUT2D eigenvalue weighted by Crippen LogP contribution is -2.06. The molecule has 0 saturated carbocycles. The summed E-state index contributed by atoms with van der Waals surface area (Å²) in [5.41, 5.74) is -0.0593. The fourth-order valence-electron chi connectivity index (χ4n) is 1.53. The minimum absolute atomic E-state index is 0.139. The van der Waals surface area contributed by atoms with Gasteiger partial charge in [0.1, 0.15) is 0 Å². The maximum absolute atomic E-state index is 11.0. The molecule has 0 unspecified atom stereocenters. The van der Waals surface area contributed by atoms with Gasteiger partial charge in [0.2, 0.25) is 5.82 Å². The van der Waals surface area contributed by atoms with E-state index in [1.807, 2.05) is 22.6 Å². The van der Waals surface area contributed by atoms with E-state index in [1.165, 1.54) is 0 Å². The highest BCUT2D eigenvalue weighted by Gasteiger charge is 2.19. The van der Waals surface area contributed by atoms with Crippen LogP contribution in [0.2, 0.25) is 5.02 Å². The lowest BCUT2D eigenvalue weighted by atomic mass is 10.3. The molecular weight excluding hydrogens is 413 g/mol. The van der Waals surface area contributed by atoms with Gasteiger partial charge in [0.05, 0.1) is 10.6 Å². The first kappa shape index (κ1) is 15.4. The number of nitro groups is 1. The van der Waals surface area contributed by atoms with Crippen LogP contribution in [0.1, 0.15) is 10.5 Å². The Morgan fingerprint density at radius 1 is 1.38 bits per heavy atom. The van der Waals surface area contributed by atoms with Crippen molar-refractivity contribution in [3.05, 3.63) is 54.7 Å². The Balaban J connectivity index is 2.48. The second-order valence-corrected chi connectivity index (χ2v) is 5.47. The Kier molecular flexibility index (Phi) is 4.58. The molecule has 2 rings (SSSR count). The van der Waals surface area contributed by atoms with Crippen LogP contribution in [-0.4, -0.2) is 21.0 Å². The van der Waals surface area contributed by atoms with E-state index < -0.39 is 10.9 Å². The molecule has 9 heteroatoms. The van der Waals surface area contributed by atoms with Gasteiger partial charge >= 0.3 is 11.7 Å². The van der Waals surface area contributed by atoms with Crippen LogP contribution in [0.25, 0.3) is 0 Å². The molecule has 1 aromatic carbocycles. The summed E-state index contributed by atoms with van der Waals surface area (Å²) in [6, 6.07) is 7.08. The van der Waals surface area contributed by atoms with Gasteiger partial charge in [-0.1, -0.05) is 11.6 Å². The summed E-state index contributed by atoms with van der Waals surface area (Å²) in [6.07, 6.45) is 0. The molecule has 0 radical (unpaired) electrons. The molecular formula is C12H7ClIN3O4. The minimum Gasteiger partial charge on any atom is -0.477 e. The third-order valence-electron chi connectivity index (χ3n) is 2.47. The number of aromatic carboxylic acids is 1. The number of pyridine rings is 1. The predicted octanol–water partition coefficient (Wildman–Crippen LogP) is 3.69. The number of carboxylic acids is 1. The van der Waals surface area contributed by atoms with Crippen molar-refractivity contribution in [3.63, 3.8) is 0 Å². The molecule has 0 aliphatic heterocycles. The van der Waals surface area contributed by atoms with Gasteiger partial charge in [-0.15, -0.1) is 0 Å². The van der Waals surface area contributed by atoms with Gasteiger partial charge in [-0.2, -0.15) is 0 Å². The lowest BCUT2D eigenvalue weighted by Gasteiger charge is -2.09.